The summed E-state index contributed by atoms with van der Waals surface area (Å²) < 4.78 is 6.91. The van der Waals surface area contributed by atoms with Crippen LogP contribution < -0.4 is 10.5 Å². The molecule has 1 heterocycles. The molecule has 0 aliphatic heterocycles. The molecule has 0 radical (unpaired) electrons. The smallest absolute Gasteiger partial charge is 0.311 e. The molecule has 1 aromatic heterocycles. The number of aromatic nitrogens is 1. The van der Waals surface area contributed by atoms with Crippen LogP contribution in [0, 0.1) is 10.1 Å². The number of ether oxygens (including phenoxy) is 1. The molecule has 0 spiro atoms. The standard InChI is InChI=1S/C13H15N3O3/c1-19-13-3-2-10(6-12(13)16(17)18)8-15-5-4-11(7-14)9-15/h2-6,9H,7-8,14H2,1H3. The van der Waals surface area contributed by atoms with Crippen molar-refractivity contribution in [2.45, 2.75) is 13.1 Å². The summed E-state index contributed by atoms with van der Waals surface area (Å²) in [6, 6.07) is 6.88. The van der Waals surface area contributed by atoms with E-state index in [1.54, 1.807) is 6.07 Å². The molecule has 2 rings (SSSR count). The van der Waals surface area contributed by atoms with E-state index in [1.807, 2.05) is 29.1 Å². The number of methoxy groups -OCH3 is 1. The quantitative estimate of drug-likeness (QED) is 0.658. The average Bonchev–Trinajstić information content (AvgIpc) is 2.86. The monoisotopic (exact) mass is 261 g/mol. The van der Waals surface area contributed by atoms with E-state index in [1.165, 1.54) is 13.2 Å². The molecule has 0 bridgehead atoms. The van der Waals surface area contributed by atoms with Crippen LogP contribution in [0.1, 0.15) is 11.1 Å². The number of hydrogen-bond acceptors (Lipinski definition) is 4. The van der Waals surface area contributed by atoms with Gasteiger partial charge in [-0.05, 0) is 23.3 Å². The third-order valence-electron chi connectivity index (χ3n) is 2.85. The van der Waals surface area contributed by atoms with Crippen molar-refractivity contribution in [1.82, 2.24) is 4.57 Å². The van der Waals surface area contributed by atoms with Crippen molar-refractivity contribution in [3.05, 3.63) is 57.9 Å². The largest absolute Gasteiger partial charge is 0.490 e. The molecule has 6 heteroatoms. The molecular formula is C13H15N3O3. The normalized spacial score (nSPS) is 10.4. The first-order chi connectivity index (χ1) is 9.13. The van der Waals surface area contributed by atoms with E-state index in [-0.39, 0.29) is 11.4 Å². The van der Waals surface area contributed by atoms with Gasteiger partial charge in [0, 0.05) is 31.5 Å². The Morgan fingerprint density at radius 3 is 2.74 bits per heavy atom. The lowest BCUT2D eigenvalue weighted by atomic mass is 10.2. The highest BCUT2D eigenvalue weighted by Crippen LogP contribution is 2.27. The van der Waals surface area contributed by atoms with Gasteiger partial charge in [-0.3, -0.25) is 10.1 Å². The van der Waals surface area contributed by atoms with Gasteiger partial charge in [0.05, 0.1) is 12.0 Å². The number of nitro benzene ring substituents is 1. The molecule has 19 heavy (non-hydrogen) atoms. The Morgan fingerprint density at radius 1 is 1.37 bits per heavy atom. The van der Waals surface area contributed by atoms with Gasteiger partial charge in [0.1, 0.15) is 0 Å². The topological polar surface area (TPSA) is 83.3 Å². The van der Waals surface area contributed by atoms with Gasteiger partial charge in [-0.2, -0.15) is 0 Å². The van der Waals surface area contributed by atoms with Crippen LogP contribution in [0.2, 0.25) is 0 Å². The van der Waals surface area contributed by atoms with Crippen LogP contribution in [0.5, 0.6) is 5.75 Å². The van der Waals surface area contributed by atoms with Crippen molar-refractivity contribution in [3.63, 3.8) is 0 Å². The third-order valence-corrected chi connectivity index (χ3v) is 2.85. The second-order valence-corrected chi connectivity index (χ2v) is 4.16. The van der Waals surface area contributed by atoms with E-state index in [0.29, 0.717) is 13.1 Å². The second kappa shape index (κ2) is 5.53. The molecule has 0 aliphatic carbocycles. The van der Waals surface area contributed by atoms with E-state index in [4.69, 9.17) is 10.5 Å². The number of nitrogens with two attached hydrogens (primary N) is 1. The van der Waals surface area contributed by atoms with Crippen molar-refractivity contribution in [3.8, 4) is 5.75 Å². The van der Waals surface area contributed by atoms with Crippen LogP contribution in [-0.2, 0) is 13.1 Å². The zero-order valence-corrected chi connectivity index (χ0v) is 10.6. The summed E-state index contributed by atoms with van der Waals surface area (Å²) in [6.07, 6.45) is 3.83. The Labute approximate surface area is 110 Å². The van der Waals surface area contributed by atoms with Crippen molar-refractivity contribution in [2.24, 2.45) is 5.73 Å². The molecule has 0 unspecified atom stereocenters. The minimum absolute atomic E-state index is 0.0220. The van der Waals surface area contributed by atoms with Crippen LogP contribution in [-0.4, -0.2) is 16.6 Å². The minimum Gasteiger partial charge on any atom is -0.490 e. The first-order valence-corrected chi connectivity index (χ1v) is 5.80. The fourth-order valence-corrected chi connectivity index (χ4v) is 1.90. The predicted molar refractivity (Wildman–Crippen MR) is 71.1 cm³/mol. The molecule has 100 valence electrons. The Bertz CT molecular complexity index is 593. The number of rotatable bonds is 5. The van der Waals surface area contributed by atoms with Gasteiger partial charge >= 0.3 is 5.69 Å². The van der Waals surface area contributed by atoms with Gasteiger partial charge in [-0.25, -0.2) is 0 Å². The third kappa shape index (κ3) is 2.92. The molecule has 0 amide bonds. The summed E-state index contributed by atoms with van der Waals surface area (Å²) in [7, 11) is 1.42. The van der Waals surface area contributed by atoms with E-state index < -0.39 is 4.92 Å². The van der Waals surface area contributed by atoms with Crippen LogP contribution in [0.25, 0.3) is 0 Å². The number of hydrogen-bond donors (Lipinski definition) is 1. The highest BCUT2D eigenvalue weighted by Gasteiger charge is 2.15. The summed E-state index contributed by atoms with van der Waals surface area (Å²) in [5.74, 6) is 0.268. The highest BCUT2D eigenvalue weighted by atomic mass is 16.6. The van der Waals surface area contributed by atoms with Crippen molar-refractivity contribution >= 4 is 5.69 Å². The fraction of sp³-hybridized carbons (Fsp3) is 0.231. The molecule has 2 aromatic rings. The number of benzene rings is 1. The lowest BCUT2D eigenvalue weighted by Crippen LogP contribution is -2.00. The molecule has 1 aromatic carbocycles. The second-order valence-electron chi connectivity index (χ2n) is 4.16. The maximum Gasteiger partial charge on any atom is 0.311 e. The molecule has 0 fully saturated rings. The first-order valence-electron chi connectivity index (χ1n) is 5.80. The molecule has 0 saturated carbocycles. The predicted octanol–water partition coefficient (Wildman–Crippen LogP) is 1.91. The first kappa shape index (κ1) is 13.1. The molecule has 0 saturated heterocycles. The lowest BCUT2D eigenvalue weighted by molar-refractivity contribution is -0.385. The minimum atomic E-state index is -0.441. The zero-order valence-electron chi connectivity index (χ0n) is 10.6. The SMILES string of the molecule is COc1ccc(Cn2ccc(CN)c2)cc1[N+](=O)[O-]. The molecule has 0 aliphatic rings. The average molecular weight is 261 g/mol. The van der Waals surface area contributed by atoms with Crippen LogP contribution >= 0.6 is 0 Å². The van der Waals surface area contributed by atoms with Gasteiger partial charge in [0.25, 0.3) is 0 Å². The highest BCUT2D eigenvalue weighted by molar-refractivity contribution is 5.48. The van der Waals surface area contributed by atoms with Crippen molar-refractivity contribution in [1.29, 1.82) is 0 Å². The maximum absolute atomic E-state index is 10.9. The summed E-state index contributed by atoms with van der Waals surface area (Å²) >= 11 is 0. The van der Waals surface area contributed by atoms with E-state index >= 15 is 0 Å². The van der Waals surface area contributed by atoms with E-state index in [2.05, 4.69) is 0 Å². The molecule has 6 nitrogen and oxygen atoms in total. The van der Waals surface area contributed by atoms with Crippen LogP contribution in [0.15, 0.2) is 36.7 Å². The summed E-state index contributed by atoms with van der Waals surface area (Å²) in [4.78, 5) is 10.5. The van der Waals surface area contributed by atoms with Gasteiger partial charge in [0.2, 0.25) is 0 Å². The summed E-state index contributed by atoms with van der Waals surface area (Å²) in [5.41, 5.74) is 7.39. The van der Waals surface area contributed by atoms with E-state index in [9.17, 15) is 10.1 Å². The van der Waals surface area contributed by atoms with Gasteiger partial charge in [-0.1, -0.05) is 6.07 Å². The number of nitrogens with zero attached hydrogens (tertiary/aromatic N) is 2. The van der Waals surface area contributed by atoms with Crippen molar-refractivity contribution < 1.29 is 9.66 Å². The molecular weight excluding hydrogens is 246 g/mol. The van der Waals surface area contributed by atoms with Gasteiger partial charge in [0.15, 0.2) is 5.75 Å². The zero-order chi connectivity index (χ0) is 13.8. The fourth-order valence-electron chi connectivity index (χ4n) is 1.90. The molecule has 2 N–H and O–H groups in total. The lowest BCUT2D eigenvalue weighted by Gasteiger charge is -2.06. The van der Waals surface area contributed by atoms with Gasteiger partial charge in [-0.15, -0.1) is 0 Å². The Kier molecular flexibility index (Phi) is 3.82. The molecule has 0 atom stereocenters. The van der Waals surface area contributed by atoms with Crippen molar-refractivity contribution in [2.75, 3.05) is 7.11 Å². The van der Waals surface area contributed by atoms with Crippen LogP contribution in [0.4, 0.5) is 5.69 Å². The number of nitro groups is 1. The summed E-state index contributed by atoms with van der Waals surface area (Å²) in [6.45, 7) is 1.04. The maximum atomic E-state index is 10.9. The van der Waals surface area contributed by atoms with E-state index in [0.717, 1.165) is 11.1 Å². The Balaban J connectivity index is 2.25. The van der Waals surface area contributed by atoms with Crippen LogP contribution in [0.3, 0.4) is 0 Å². The summed E-state index contributed by atoms with van der Waals surface area (Å²) in [5, 5.41) is 10.9. The Hall–Kier alpha value is -2.34. The van der Waals surface area contributed by atoms with Gasteiger partial charge < -0.3 is 15.0 Å². The Morgan fingerprint density at radius 2 is 2.16 bits per heavy atom.